The Labute approximate surface area is 129 Å². The molecule has 118 valence electrons. The van der Waals surface area contributed by atoms with Gasteiger partial charge in [-0.15, -0.1) is 0 Å². The van der Waals surface area contributed by atoms with Gasteiger partial charge in [-0.2, -0.15) is 0 Å². The molecule has 2 amide bonds. The zero-order valence-corrected chi connectivity index (χ0v) is 12.5. The van der Waals surface area contributed by atoms with Gasteiger partial charge in [-0.3, -0.25) is 4.79 Å². The summed E-state index contributed by atoms with van der Waals surface area (Å²) in [4.78, 5) is 25.0. The Hall–Kier alpha value is -2.08. The van der Waals surface area contributed by atoms with Gasteiger partial charge >= 0.3 is 6.09 Å². The second-order valence-electron chi connectivity index (χ2n) is 5.93. The number of hydrogen-bond acceptors (Lipinski definition) is 3. The molecule has 0 spiro atoms. The number of nitrogens with one attached hydrogen (secondary N) is 2. The smallest absolute Gasteiger partial charge is 0.404 e. The van der Waals surface area contributed by atoms with E-state index in [9.17, 15) is 9.59 Å². The van der Waals surface area contributed by atoms with Crippen LogP contribution in [-0.4, -0.2) is 47.7 Å². The Morgan fingerprint density at radius 3 is 2.73 bits per heavy atom. The van der Waals surface area contributed by atoms with E-state index in [0.29, 0.717) is 25.9 Å². The lowest BCUT2D eigenvalue weighted by molar-refractivity contribution is 0.0706. The molecule has 22 heavy (non-hydrogen) atoms. The van der Waals surface area contributed by atoms with E-state index in [2.05, 4.69) is 16.7 Å². The van der Waals surface area contributed by atoms with Crippen LogP contribution in [0.15, 0.2) is 18.2 Å². The molecular weight excluding hydrogens is 282 g/mol. The molecule has 6 heteroatoms. The summed E-state index contributed by atoms with van der Waals surface area (Å²) in [6, 6.07) is 5.91. The Morgan fingerprint density at radius 1 is 1.23 bits per heavy atom. The Kier molecular flexibility index (Phi) is 4.29. The van der Waals surface area contributed by atoms with Gasteiger partial charge in [0.1, 0.15) is 0 Å². The highest BCUT2D eigenvalue weighted by atomic mass is 16.4. The summed E-state index contributed by atoms with van der Waals surface area (Å²) in [5.41, 5.74) is 3.26. The topological polar surface area (TPSA) is 81.7 Å². The first-order chi connectivity index (χ1) is 10.6. The molecule has 0 atom stereocenters. The Bertz CT molecular complexity index is 580. The monoisotopic (exact) mass is 303 g/mol. The fraction of sp³-hybridized carbons (Fsp3) is 0.500. The number of piperidine rings is 1. The summed E-state index contributed by atoms with van der Waals surface area (Å²) in [5, 5.41) is 14.5. The highest BCUT2D eigenvalue weighted by molar-refractivity contribution is 5.94. The van der Waals surface area contributed by atoms with Crippen molar-refractivity contribution in [2.24, 2.45) is 0 Å². The largest absolute Gasteiger partial charge is 0.465 e. The first-order valence-electron chi connectivity index (χ1n) is 7.75. The van der Waals surface area contributed by atoms with Crippen molar-refractivity contribution in [1.82, 2.24) is 15.5 Å². The summed E-state index contributed by atoms with van der Waals surface area (Å²) >= 11 is 0. The van der Waals surface area contributed by atoms with Gasteiger partial charge in [-0.1, -0.05) is 6.07 Å². The van der Waals surface area contributed by atoms with Gasteiger partial charge in [0.05, 0.1) is 0 Å². The second kappa shape index (κ2) is 6.36. The SMILES string of the molecule is O=C(O)NC1CCN(C(=O)c2ccc3c(c2)CNCC3)CC1. The molecule has 0 radical (unpaired) electrons. The van der Waals surface area contributed by atoms with Gasteiger partial charge in [0.2, 0.25) is 0 Å². The van der Waals surface area contributed by atoms with Crippen molar-refractivity contribution < 1.29 is 14.7 Å². The van der Waals surface area contributed by atoms with Crippen LogP contribution in [0.1, 0.15) is 34.3 Å². The van der Waals surface area contributed by atoms with Crippen molar-refractivity contribution in [3.8, 4) is 0 Å². The minimum atomic E-state index is -0.994. The maximum atomic E-state index is 12.6. The maximum Gasteiger partial charge on any atom is 0.404 e. The van der Waals surface area contributed by atoms with Crippen LogP contribution in [-0.2, 0) is 13.0 Å². The summed E-state index contributed by atoms with van der Waals surface area (Å²) in [6.07, 6.45) is 1.36. The zero-order chi connectivity index (χ0) is 15.5. The normalized spacial score (nSPS) is 18.6. The molecule has 3 N–H and O–H groups in total. The first kappa shape index (κ1) is 14.8. The van der Waals surface area contributed by atoms with Crippen LogP contribution >= 0.6 is 0 Å². The van der Waals surface area contributed by atoms with E-state index < -0.39 is 6.09 Å². The molecule has 1 aromatic carbocycles. The number of benzene rings is 1. The lowest BCUT2D eigenvalue weighted by Crippen LogP contribution is -2.46. The lowest BCUT2D eigenvalue weighted by atomic mass is 9.97. The molecule has 2 heterocycles. The molecule has 3 rings (SSSR count). The average molecular weight is 303 g/mol. The summed E-state index contributed by atoms with van der Waals surface area (Å²) < 4.78 is 0. The standard InChI is InChI=1S/C16H21N3O3/c20-15(19-7-4-14(5-8-19)18-16(21)22)12-2-1-11-3-6-17-10-13(11)9-12/h1-2,9,14,17-18H,3-8,10H2,(H,21,22). The minimum Gasteiger partial charge on any atom is -0.465 e. The van der Waals surface area contributed by atoms with Gasteiger partial charge in [0.15, 0.2) is 0 Å². The molecule has 0 bridgehead atoms. The van der Waals surface area contributed by atoms with Crippen LogP contribution in [0.2, 0.25) is 0 Å². The second-order valence-corrected chi connectivity index (χ2v) is 5.93. The molecule has 0 aliphatic carbocycles. The van der Waals surface area contributed by atoms with E-state index >= 15 is 0 Å². The van der Waals surface area contributed by atoms with Crippen LogP contribution in [0.3, 0.4) is 0 Å². The molecule has 0 unspecified atom stereocenters. The van der Waals surface area contributed by atoms with Crippen molar-refractivity contribution in [2.75, 3.05) is 19.6 Å². The van der Waals surface area contributed by atoms with Gasteiger partial charge in [0, 0.05) is 31.2 Å². The predicted molar refractivity (Wildman–Crippen MR) is 81.9 cm³/mol. The average Bonchev–Trinajstić information content (AvgIpc) is 2.54. The van der Waals surface area contributed by atoms with Crippen molar-refractivity contribution in [1.29, 1.82) is 0 Å². The number of hydrogen-bond donors (Lipinski definition) is 3. The quantitative estimate of drug-likeness (QED) is 0.767. The van der Waals surface area contributed by atoms with Gasteiger partial charge in [-0.25, -0.2) is 4.79 Å². The molecule has 1 fully saturated rings. The van der Waals surface area contributed by atoms with E-state index in [1.807, 2.05) is 17.0 Å². The molecule has 6 nitrogen and oxygen atoms in total. The van der Waals surface area contributed by atoms with Crippen LogP contribution in [0.5, 0.6) is 0 Å². The number of carbonyl (C=O) groups excluding carboxylic acids is 1. The summed E-state index contributed by atoms with van der Waals surface area (Å²) in [7, 11) is 0. The Morgan fingerprint density at radius 2 is 2.00 bits per heavy atom. The van der Waals surface area contributed by atoms with E-state index in [4.69, 9.17) is 5.11 Å². The van der Waals surface area contributed by atoms with Crippen molar-refractivity contribution in [3.05, 3.63) is 34.9 Å². The molecule has 2 aliphatic rings. The summed E-state index contributed by atoms with van der Waals surface area (Å²) in [5.74, 6) is 0.0437. The lowest BCUT2D eigenvalue weighted by Gasteiger charge is -2.32. The maximum absolute atomic E-state index is 12.6. The van der Waals surface area contributed by atoms with E-state index in [0.717, 1.165) is 25.1 Å². The van der Waals surface area contributed by atoms with Gasteiger partial charge in [-0.05, 0) is 49.1 Å². The number of amides is 2. The highest BCUT2D eigenvalue weighted by Crippen LogP contribution is 2.19. The van der Waals surface area contributed by atoms with Crippen LogP contribution in [0.4, 0.5) is 4.79 Å². The number of nitrogens with zero attached hydrogens (tertiary/aromatic N) is 1. The predicted octanol–water partition coefficient (Wildman–Crippen LogP) is 1.20. The Balaban J connectivity index is 1.64. The van der Waals surface area contributed by atoms with Crippen molar-refractivity contribution in [2.45, 2.75) is 31.8 Å². The highest BCUT2D eigenvalue weighted by Gasteiger charge is 2.25. The summed E-state index contributed by atoms with van der Waals surface area (Å²) in [6.45, 7) is 3.00. The number of carboxylic acid groups (broad SMARTS) is 1. The number of carbonyl (C=O) groups is 2. The third-order valence-corrected chi connectivity index (χ3v) is 4.45. The molecule has 0 saturated carbocycles. The number of likely N-dealkylation sites (tertiary alicyclic amines) is 1. The number of fused-ring (bicyclic) bond motifs is 1. The van der Waals surface area contributed by atoms with Crippen molar-refractivity contribution >= 4 is 12.0 Å². The third kappa shape index (κ3) is 3.22. The van der Waals surface area contributed by atoms with Crippen LogP contribution in [0.25, 0.3) is 0 Å². The molecule has 0 aromatic heterocycles. The zero-order valence-electron chi connectivity index (χ0n) is 12.5. The van der Waals surface area contributed by atoms with Gasteiger partial charge < -0.3 is 20.6 Å². The van der Waals surface area contributed by atoms with Crippen LogP contribution in [0, 0.1) is 0 Å². The molecular formula is C16H21N3O3. The van der Waals surface area contributed by atoms with Gasteiger partial charge in [0.25, 0.3) is 5.91 Å². The molecule has 2 aliphatic heterocycles. The van der Waals surface area contributed by atoms with Crippen LogP contribution < -0.4 is 10.6 Å². The fourth-order valence-electron chi connectivity index (χ4n) is 3.20. The van der Waals surface area contributed by atoms with E-state index in [-0.39, 0.29) is 11.9 Å². The molecule has 1 saturated heterocycles. The number of rotatable bonds is 2. The van der Waals surface area contributed by atoms with E-state index in [1.165, 1.54) is 11.1 Å². The molecule has 1 aromatic rings. The first-order valence-corrected chi connectivity index (χ1v) is 7.75. The third-order valence-electron chi connectivity index (χ3n) is 4.45. The van der Waals surface area contributed by atoms with Crippen molar-refractivity contribution in [3.63, 3.8) is 0 Å². The van der Waals surface area contributed by atoms with E-state index in [1.54, 1.807) is 0 Å². The minimum absolute atomic E-state index is 0.0437. The fourth-order valence-corrected chi connectivity index (χ4v) is 3.20.